The van der Waals surface area contributed by atoms with E-state index in [2.05, 4.69) is 53.1 Å². The van der Waals surface area contributed by atoms with Gasteiger partial charge in [-0.1, -0.05) is 6.07 Å². The number of aliphatic imine (C=N–C) groups is 1. The molecule has 162 valence electrons. The molecule has 0 spiro atoms. The molecule has 0 radical (unpaired) electrons. The third-order valence-electron chi connectivity index (χ3n) is 5.70. The minimum Gasteiger partial charge on any atom is -0.381 e. The fourth-order valence-corrected chi connectivity index (χ4v) is 3.88. The largest absolute Gasteiger partial charge is 0.381 e. The van der Waals surface area contributed by atoms with E-state index in [0.717, 1.165) is 69.3 Å². The number of guanidine groups is 1. The van der Waals surface area contributed by atoms with Crippen LogP contribution in [0.4, 0.5) is 5.82 Å². The summed E-state index contributed by atoms with van der Waals surface area (Å²) in [6, 6.07) is 4.24. The van der Waals surface area contributed by atoms with Crippen molar-refractivity contribution in [2.75, 3.05) is 57.9 Å². The maximum atomic E-state index is 5.62. The van der Waals surface area contributed by atoms with Crippen molar-refractivity contribution >= 4 is 11.8 Å². The second-order valence-corrected chi connectivity index (χ2v) is 8.09. The Morgan fingerprint density at radius 1 is 1.31 bits per heavy atom. The van der Waals surface area contributed by atoms with Gasteiger partial charge >= 0.3 is 0 Å². The molecule has 1 atom stereocenters. The Bertz CT molecular complexity index is 631. The maximum absolute atomic E-state index is 5.62. The molecule has 3 heterocycles. The smallest absolute Gasteiger partial charge is 0.193 e. The number of morpholine rings is 1. The van der Waals surface area contributed by atoms with Crippen LogP contribution in [0.2, 0.25) is 0 Å². The first-order valence-electron chi connectivity index (χ1n) is 11.0. The molecule has 0 saturated carbocycles. The molecule has 0 aromatic carbocycles. The average Bonchev–Trinajstić information content (AvgIpc) is 2.76. The van der Waals surface area contributed by atoms with E-state index in [1.54, 1.807) is 0 Å². The first-order chi connectivity index (χ1) is 14.2. The molecule has 0 aliphatic carbocycles. The molecule has 2 aliphatic rings. The Balaban J connectivity index is 1.53. The number of nitrogens with one attached hydrogen (secondary N) is 1. The predicted octanol–water partition coefficient (Wildman–Crippen LogP) is 2.52. The van der Waals surface area contributed by atoms with Crippen molar-refractivity contribution in [3.8, 4) is 0 Å². The van der Waals surface area contributed by atoms with Crippen LogP contribution in [-0.2, 0) is 16.0 Å². The van der Waals surface area contributed by atoms with E-state index in [1.165, 1.54) is 19.3 Å². The van der Waals surface area contributed by atoms with Gasteiger partial charge in [0.05, 0.1) is 19.3 Å². The SMILES string of the molecule is CCNC(=NCc1ccc(N2CCOC(C)C2)nc1)N(C)CCC1CCOCC1. The van der Waals surface area contributed by atoms with Gasteiger partial charge < -0.3 is 24.6 Å². The first-order valence-corrected chi connectivity index (χ1v) is 11.0. The Labute approximate surface area is 175 Å². The Morgan fingerprint density at radius 3 is 2.83 bits per heavy atom. The Morgan fingerprint density at radius 2 is 2.14 bits per heavy atom. The molecule has 3 rings (SSSR count). The number of pyridine rings is 1. The van der Waals surface area contributed by atoms with Crippen LogP contribution in [0.25, 0.3) is 0 Å². The van der Waals surface area contributed by atoms with Crippen LogP contribution < -0.4 is 10.2 Å². The van der Waals surface area contributed by atoms with Crippen molar-refractivity contribution in [3.63, 3.8) is 0 Å². The van der Waals surface area contributed by atoms with Crippen LogP contribution in [-0.4, -0.2) is 75.0 Å². The molecule has 2 fully saturated rings. The van der Waals surface area contributed by atoms with E-state index in [9.17, 15) is 0 Å². The van der Waals surface area contributed by atoms with E-state index >= 15 is 0 Å². The molecule has 29 heavy (non-hydrogen) atoms. The van der Waals surface area contributed by atoms with E-state index in [1.807, 2.05) is 6.20 Å². The van der Waals surface area contributed by atoms with Gasteiger partial charge in [0.1, 0.15) is 5.82 Å². The lowest BCUT2D eigenvalue weighted by molar-refractivity contribution is 0.0529. The predicted molar refractivity (Wildman–Crippen MR) is 117 cm³/mol. The maximum Gasteiger partial charge on any atom is 0.193 e. The third kappa shape index (κ3) is 6.85. The zero-order valence-corrected chi connectivity index (χ0v) is 18.3. The third-order valence-corrected chi connectivity index (χ3v) is 5.70. The van der Waals surface area contributed by atoms with Crippen molar-refractivity contribution in [1.82, 2.24) is 15.2 Å². The summed E-state index contributed by atoms with van der Waals surface area (Å²) < 4.78 is 11.1. The normalized spacial score (nSPS) is 21.3. The van der Waals surface area contributed by atoms with Gasteiger partial charge in [0.25, 0.3) is 0 Å². The highest BCUT2D eigenvalue weighted by Gasteiger charge is 2.18. The molecule has 1 aromatic heterocycles. The number of hydrogen-bond donors (Lipinski definition) is 1. The van der Waals surface area contributed by atoms with Crippen molar-refractivity contribution in [2.45, 2.75) is 45.8 Å². The van der Waals surface area contributed by atoms with Crippen molar-refractivity contribution in [2.24, 2.45) is 10.9 Å². The second-order valence-electron chi connectivity index (χ2n) is 8.09. The summed E-state index contributed by atoms with van der Waals surface area (Å²) in [5.74, 6) is 2.76. The molecular formula is C22H37N5O2. The van der Waals surface area contributed by atoms with Crippen LogP contribution >= 0.6 is 0 Å². The topological polar surface area (TPSA) is 62.2 Å². The molecule has 1 aromatic rings. The number of anilines is 1. The fraction of sp³-hybridized carbons (Fsp3) is 0.727. The molecule has 0 bridgehead atoms. The summed E-state index contributed by atoms with van der Waals surface area (Å²) in [5.41, 5.74) is 1.13. The Hall–Kier alpha value is -1.86. The minimum atomic E-state index is 0.258. The summed E-state index contributed by atoms with van der Waals surface area (Å²) in [6.45, 7) is 11.1. The molecule has 0 amide bonds. The first kappa shape index (κ1) is 21.8. The van der Waals surface area contributed by atoms with E-state index in [4.69, 9.17) is 14.5 Å². The van der Waals surface area contributed by atoms with E-state index in [-0.39, 0.29) is 6.10 Å². The fourth-order valence-electron chi connectivity index (χ4n) is 3.88. The average molecular weight is 404 g/mol. The van der Waals surface area contributed by atoms with E-state index in [0.29, 0.717) is 6.54 Å². The summed E-state index contributed by atoms with van der Waals surface area (Å²) in [4.78, 5) is 14.0. The van der Waals surface area contributed by atoms with Gasteiger partial charge in [0.2, 0.25) is 0 Å². The lowest BCUT2D eigenvalue weighted by Crippen LogP contribution is -2.41. The van der Waals surface area contributed by atoms with Gasteiger partial charge in [-0.05, 0) is 50.7 Å². The van der Waals surface area contributed by atoms with Gasteiger partial charge in [0.15, 0.2) is 5.96 Å². The lowest BCUT2D eigenvalue weighted by Gasteiger charge is -2.32. The van der Waals surface area contributed by atoms with Crippen molar-refractivity contribution in [3.05, 3.63) is 23.9 Å². The van der Waals surface area contributed by atoms with Gasteiger partial charge in [-0.3, -0.25) is 0 Å². The number of hydrogen-bond acceptors (Lipinski definition) is 5. The summed E-state index contributed by atoms with van der Waals surface area (Å²) in [7, 11) is 2.13. The van der Waals surface area contributed by atoms with Crippen molar-refractivity contribution in [1.29, 1.82) is 0 Å². The van der Waals surface area contributed by atoms with Gasteiger partial charge in [-0.25, -0.2) is 9.98 Å². The molecule has 1 unspecified atom stereocenters. The van der Waals surface area contributed by atoms with Crippen LogP contribution in [0, 0.1) is 5.92 Å². The van der Waals surface area contributed by atoms with Gasteiger partial charge in [-0.15, -0.1) is 0 Å². The highest BCUT2D eigenvalue weighted by Crippen LogP contribution is 2.19. The standard InChI is InChI=1S/C22H37N5O2/c1-4-23-22(26(3)10-7-19-8-12-28-13-9-19)25-16-20-5-6-21(24-15-20)27-11-14-29-18(2)17-27/h5-6,15,18-19H,4,7-14,16-17H2,1-3H3,(H,23,25). The minimum absolute atomic E-state index is 0.258. The number of rotatable bonds is 7. The molecular weight excluding hydrogens is 366 g/mol. The van der Waals surface area contributed by atoms with Crippen LogP contribution in [0.15, 0.2) is 23.3 Å². The molecule has 2 saturated heterocycles. The number of aromatic nitrogens is 1. The van der Waals surface area contributed by atoms with Crippen LogP contribution in [0.1, 0.15) is 38.7 Å². The van der Waals surface area contributed by atoms with E-state index < -0.39 is 0 Å². The van der Waals surface area contributed by atoms with Crippen molar-refractivity contribution < 1.29 is 9.47 Å². The van der Waals surface area contributed by atoms with Crippen LogP contribution in [0.3, 0.4) is 0 Å². The summed E-state index contributed by atoms with van der Waals surface area (Å²) >= 11 is 0. The molecule has 7 nitrogen and oxygen atoms in total. The molecule has 7 heteroatoms. The lowest BCUT2D eigenvalue weighted by atomic mass is 9.96. The monoisotopic (exact) mass is 403 g/mol. The quantitative estimate of drug-likeness (QED) is 0.558. The zero-order valence-electron chi connectivity index (χ0n) is 18.3. The van der Waals surface area contributed by atoms with Crippen LogP contribution in [0.5, 0.6) is 0 Å². The Kier molecular flexibility index (Phi) is 8.55. The number of nitrogens with zero attached hydrogens (tertiary/aromatic N) is 4. The van der Waals surface area contributed by atoms with Gasteiger partial charge in [-0.2, -0.15) is 0 Å². The van der Waals surface area contributed by atoms with Gasteiger partial charge in [0, 0.05) is 52.6 Å². The number of ether oxygens (including phenoxy) is 2. The highest BCUT2D eigenvalue weighted by molar-refractivity contribution is 5.79. The second kappa shape index (κ2) is 11.4. The summed E-state index contributed by atoms with van der Waals surface area (Å²) in [5, 5.41) is 3.42. The molecule has 2 aliphatic heterocycles. The zero-order chi connectivity index (χ0) is 20.5. The molecule has 1 N–H and O–H groups in total. The highest BCUT2D eigenvalue weighted by atomic mass is 16.5. The summed E-state index contributed by atoms with van der Waals surface area (Å²) in [6.07, 6.45) is 5.76.